The van der Waals surface area contributed by atoms with Gasteiger partial charge in [0.1, 0.15) is 0 Å². The van der Waals surface area contributed by atoms with E-state index in [-0.39, 0.29) is 0 Å². The Labute approximate surface area is 83.5 Å². The Morgan fingerprint density at radius 1 is 1.08 bits per heavy atom. The zero-order valence-corrected chi connectivity index (χ0v) is 9.71. The molecule has 1 fully saturated rings. The van der Waals surface area contributed by atoms with Gasteiger partial charge in [-0.2, -0.15) is 0 Å². The average molecular weight is 186 g/mol. The lowest BCUT2D eigenvalue weighted by Crippen LogP contribution is -2.14. The van der Waals surface area contributed by atoms with Crippen LogP contribution in [0.2, 0.25) is 0 Å². The quantitative estimate of drug-likeness (QED) is 0.665. The Morgan fingerprint density at radius 2 is 1.46 bits per heavy atom. The summed E-state index contributed by atoms with van der Waals surface area (Å²) in [6.45, 7) is 9.21. The van der Waals surface area contributed by atoms with Crippen molar-refractivity contribution in [3.05, 3.63) is 0 Å². The van der Waals surface area contributed by atoms with Crippen molar-refractivity contribution in [2.75, 3.05) is 6.61 Å². The molecule has 0 aromatic carbocycles. The minimum atomic E-state index is 0.409. The molecule has 0 aromatic rings. The molecule has 1 heteroatoms. The molecule has 1 N–H and O–H groups in total. The van der Waals surface area contributed by atoms with Crippen molar-refractivity contribution in [1.29, 1.82) is 0 Å². The van der Waals surface area contributed by atoms with Crippen LogP contribution >= 0.6 is 0 Å². The fourth-order valence-electron chi connectivity index (χ4n) is 1.51. The lowest BCUT2D eigenvalue weighted by molar-refractivity contribution is 0.172. The predicted molar refractivity (Wildman–Crippen MR) is 58.7 cm³/mol. The minimum absolute atomic E-state index is 0.409. The number of aliphatic hydroxyl groups excluding tert-OH is 1. The molecular weight excluding hydrogens is 160 g/mol. The first-order chi connectivity index (χ1) is 6.06. The third-order valence-electron chi connectivity index (χ3n) is 2.39. The molecule has 0 spiro atoms. The fraction of sp³-hybridized carbons (Fsp3) is 1.00. The highest BCUT2D eigenvalue weighted by Crippen LogP contribution is 2.27. The van der Waals surface area contributed by atoms with Crippen LogP contribution in [0.3, 0.4) is 0 Å². The molecule has 0 aromatic heterocycles. The molecule has 1 aliphatic rings. The molecule has 0 unspecified atom stereocenters. The van der Waals surface area contributed by atoms with Gasteiger partial charge >= 0.3 is 0 Å². The number of hydrogen-bond acceptors (Lipinski definition) is 1. The van der Waals surface area contributed by atoms with Gasteiger partial charge < -0.3 is 5.11 Å². The van der Waals surface area contributed by atoms with Crippen molar-refractivity contribution in [2.24, 2.45) is 17.8 Å². The van der Waals surface area contributed by atoms with Crippen LogP contribution in [0.15, 0.2) is 0 Å². The number of aliphatic hydroxyl groups is 1. The Hall–Kier alpha value is -0.0400. The monoisotopic (exact) mass is 186 g/mol. The van der Waals surface area contributed by atoms with Crippen LogP contribution in [0.4, 0.5) is 0 Å². The van der Waals surface area contributed by atoms with E-state index in [0.717, 1.165) is 11.8 Å². The highest BCUT2D eigenvalue weighted by atomic mass is 16.3. The van der Waals surface area contributed by atoms with Gasteiger partial charge in [-0.05, 0) is 30.6 Å². The van der Waals surface area contributed by atoms with E-state index in [4.69, 9.17) is 5.11 Å². The van der Waals surface area contributed by atoms with E-state index < -0.39 is 0 Å². The standard InChI is InChI=1S/C8H16O.C4H10/c1-7-2-4-8(6-9)5-3-7;1-4(2)3/h7-9H,2-6H2,1H3;4H,1-3H3. The van der Waals surface area contributed by atoms with Crippen molar-refractivity contribution in [2.45, 2.75) is 53.4 Å². The second-order valence-corrected chi connectivity index (χ2v) is 5.04. The second kappa shape index (κ2) is 7.37. The normalized spacial score (nSPS) is 28.2. The van der Waals surface area contributed by atoms with Crippen LogP contribution in [0.5, 0.6) is 0 Å². The van der Waals surface area contributed by atoms with Crippen LogP contribution in [0.25, 0.3) is 0 Å². The van der Waals surface area contributed by atoms with Gasteiger partial charge in [0.25, 0.3) is 0 Å². The van der Waals surface area contributed by atoms with Crippen molar-refractivity contribution < 1.29 is 5.11 Å². The Kier molecular flexibility index (Phi) is 7.35. The molecule has 1 nitrogen and oxygen atoms in total. The van der Waals surface area contributed by atoms with E-state index in [9.17, 15) is 0 Å². The van der Waals surface area contributed by atoms with Gasteiger partial charge in [0.05, 0.1) is 0 Å². The molecule has 1 saturated carbocycles. The van der Waals surface area contributed by atoms with E-state index in [1.807, 2.05) is 0 Å². The molecule has 1 rings (SSSR count). The van der Waals surface area contributed by atoms with Gasteiger partial charge in [0.15, 0.2) is 0 Å². The number of hydrogen-bond donors (Lipinski definition) is 1. The molecule has 0 saturated heterocycles. The lowest BCUT2D eigenvalue weighted by Gasteiger charge is -2.23. The molecule has 80 valence electrons. The van der Waals surface area contributed by atoms with Crippen LogP contribution < -0.4 is 0 Å². The summed E-state index contributed by atoms with van der Waals surface area (Å²) in [7, 11) is 0. The molecule has 1 aliphatic carbocycles. The van der Waals surface area contributed by atoms with Crippen molar-refractivity contribution in [3.8, 4) is 0 Å². The third-order valence-corrected chi connectivity index (χ3v) is 2.39. The maximum atomic E-state index is 8.78. The fourth-order valence-corrected chi connectivity index (χ4v) is 1.51. The SMILES string of the molecule is CC(C)C.CC1CCC(CO)CC1. The summed E-state index contributed by atoms with van der Waals surface area (Å²) in [4.78, 5) is 0. The van der Waals surface area contributed by atoms with Gasteiger partial charge in [0, 0.05) is 6.61 Å². The molecular formula is C12H26O. The van der Waals surface area contributed by atoms with Crippen LogP contribution in [0.1, 0.15) is 53.4 Å². The highest BCUT2D eigenvalue weighted by Gasteiger charge is 2.16. The number of rotatable bonds is 1. The first-order valence-electron chi connectivity index (χ1n) is 5.67. The largest absolute Gasteiger partial charge is 0.396 e. The van der Waals surface area contributed by atoms with Crippen molar-refractivity contribution in [1.82, 2.24) is 0 Å². The second-order valence-electron chi connectivity index (χ2n) is 5.04. The first kappa shape index (κ1) is 13.0. The topological polar surface area (TPSA) is 20.2 Å². The summed E-state index contributed by atoms with van der Waals surface area (Å²) in [5.41, 5.74) is 0. The highest BCUT2D eigenvalue weighted by molar-refractivity contribution is 4.68. The molecule has 0 amide bonds. The first-order valence-corrected chi connectivity index (χ1v) is 5.67. The predicted octanol–water partition coefficient (Wildman–Crippen LogP) is 3.47. The Bertz CT molecular complexity index is 98.9. The summed E-state index contributed by atoms with van der Waals surface area (Å²) in [5, 5.41) is 8.78. The van der Waals surface area contributed by atoms with Crippen LogP contribution in [-0.4, -0.2) is 11.7 Å². The Balaban J connectivity index is 0.000000310. The molecule has 13 heavy (non-hydrogen) atoms. The van der Waals surface area contributed by atoms with Crippen molar-refractivity contribution >= 4 is 0 Å². The lowest BCUT2D eigenvalue weighted by atomic mass is 9.84. The van der Waals surface area contributed by atoms with E-state index in [2.05, 4.69) is 27.7 Å². The molecule has 0 atom stereocenters. The zero-order valence-electron chi connectivity index (χ0n) is 9.71. The Morgan fingerprint density at radius 3 is 1.77 bits per heavy atom. The third kappa shape index (κ3) is 8.29. The summed E-state index contributed by atoms with van der Waals surface area (Å²) >= 11 is 0. The van der Waals surface area contributed by atoms with Gasteiger partial charge in [0.2, 0.25) is 0 Å². The van der Waals surface area contributed by atoms with Crippen molar-refractivity contribution in [3.63, 3.8) is 0 Å². The van der Waals surface area contributed by atoms with Crippen LogP contribution in [0, 0.1) is 17.8 Å². The molecule has 0 radical (unpaired) electrons. The molecule has 0 heterocycles. The summed E-state index contributed by atoms with van der Waals surface area (Å²) in [5.74, 6) is 2.37. The summed E-state index contributed by atoms with van der Waals surface area (Å²) in [6, 6.07) is 0. The minimum Gasteiger partial charge on any atom is -0.396 e. The molecule has 0 bridgehead atoms. The average Bonchev–Trinajstić information content (AvgIpc) is 2.05. The zero-order chi connectivity index (χ0) is 10.3. The molecule has 0 aliphatic heterocycles. The van der Waals surface area contributed by atoms with E-state index >= 15 is 0 Å². The van der Waals surface area contributed by atoms with E-state index in [1.54, 1.807) is 0 Å². The maximum Gasteiger partial charge on any atom is 0.0459 e. The van der Waals surface area contributed by atoms with E-state index in [1.165, 1.54) is 25.7 Å². The van der Waals surface area contributed by atoms with Gasteiger partial charge in [-0.15, -0.1) is 0 Å². The van der Waals surface area contributed by atoms with E-state index in [0.29, 0.717) is 12.5 Å². The van der Waals surface area contributed by atoms with Crippen LogP contribution in [-0.2, 0) is 0 Å². The summed E-state index contributed by atoms with van der Waals surface area (Å²) < 4.78 is 0. The summed E-state index contributed by atoms with van der Waals surface area (Å²) in [6.07, 6.45) is 5.14. The smallest absolute Gasteiger partial charge is 0.0459 e. The maximum absolute atomic E-state index is 8.78. The van der Waals surface area contributed by atoms with Gasteiger partial charge in [-0.3, -0.25) is 0 Å². The van der Waals surface area contributed by atoms with Gasteiger partial charge in [-0.1, -0.05) is 40.5 Å². The van der Waals surface area contributed by atoms with Gasteiger partial charge in [-0.25, -0.2) is 0 Å².